The van der Waals surface area contributed by atoms with Gasteiger partial charge >= 0.3 is 0 Å². The molecule has 0 spiro atoms. The molecule has 0 aliphatic carbocycles. The van der Waals surface area contributed by atoms with Gasteiger partial charge in [0.1, 0.15) is 11.4 Å². The zero-order valence-corrected chi connectivity index (χ0v) is 15.2. The summed E-state index contributed by atoms with van der Waals surface area (Å²) in [5, 5.41) is 10.1. The molecule has 1 saturated heterocycles. The topological polar surface area (TPSA) is 33.7 Å². The van der Waals surface area contributed by atoms with Gasteiger partial charge < -0.3 is 4.90 Å². The smallest absolute Gasteiger partial charge is 0.120 e. The number of nitrogens with zero attached hydrogens (tertiary/aromatic N) is 4. The van der Waals surface area contributed by atoms with Crippen molar-refractivity contribution in [2.75, 3.05) is 6.54 Å². The number of halogens is 1. The maximum Gasteiger partial charge on any atom is 0.120 e. The van der Waals surface area contributed by atoms with Gasteiger partial charge in [-0.25, -0.2) is 0 Å². The lowest BCUT2D eigenvalue weighted by Crippen LogP contribution is -1.98. The predicted molar refractivity (Wildman–Crippen MR) is 106 cm³/mol. The number of hydrogen-bond donors (Lipinski definition) is 0. The molecule has 1 aliphatic rings. The van der Waals surface area contributed by atoms with Crippen LogP contribution in [0.5, 0.6) is 0 Å². The Hall–Kier alpha value is -2.85. The summed E-state index contributed by atoms with van der Waals surface area (Å²) in [6.07, 6.45) is 8.13. The van der Waals surface area contributed by atoms with Gasteiger partial charge in [0.05, 0.1) is 5.69 Å². The van der Waals surface area contributed by atoms with Gasteiger partial charge in [0, 0.05) is 23.2 Å². The molecule has 0 bridgehead atoms. The minimum Gasteiger partial charge on any atom is -0.371 e. The number of aromatic nitrogens is 3. The first-order chi connectivity index (χ1) is 12.7. The third-order valence-electron chi connectivity index (χ3n) is 4.29. The third-order valence-corrected chi connectivity index (χ3v) is 4.55. The summed E-state index contributed by atoms with van der Waals surface area (Å²) < 4.78 is 0. The quantitative estimate of drug-likeness (QED) is 0.482. The third kappa shape index (κ3) is 3.70. The Labute approximate surface area is 158 Å². The van der Waals surface area contributed by atoms with Crippen LogP contribution in [0.15, 0.2) is 72.9 Å². The summed E-state index contributed by atoms with van der Waals surface area (Å²) in [5.74, 6) is 0. The van der Waals surface area contributed by atoms with Gasteiger partial charge in [0.2, 0.25) is 0 Å². The lowest BCUT2D eigenvalue weighted by Gasteiger charge is -1.98. The Bertz CT molecular complexity index is 942. The first-order valence-electron chi connectivity index (χ1n) is 8.60. The van der Waals surface area contributed by atoms with Crippen molar-refractivity contribution in [1.82, 2.24) is 19.9 Å². The van der Waals surface area contributed by atoms with Crippen molar-refractivity contribution in [2.24, 2.45) is 0 Å². The SMILES string of the molecule is CC1CN1/C=C/C=C\c1nn(-c2ccccc2)nc1-c1ccc(Cl)cc1. The molecule has 0 amide bonds. The molecule has 3 aromatic rings. The fraction of sp³-hybridized carbons (Fsp3) is 0.143. The van der Waals surface area contributed by atoms with Crippen molar-refractivity contribution in [1.29, 1.82) is 0 Å². The highest BCUT2D eigenvalue weighted by Crippen LogP contribution is 2.24. The molecule has 1 atom stereocenters. The van der Waals surface area contributed by atoms with E-state index in [-0.39, 0.29) is 0 Å². The number of para-hydroxylation sites is 1. The van der Waals surface area contributed by atoms with Crippen molar-refractivity contribution in [3.63, 3.8) is 0 Å². The van der Waals surface area contributed by atoms with Crippen LogP contribution in [0.3, 0.4) is 0 Å². The van der Waals surface area contributed by atoms with Crippen LogP contribution in [-0.4, -0.2) is 32.5 Å². The lowest BCUT2D eigenvalue weighted by molar-refractivity contribution is 0.702. The summed E-state index contributed by atoms with van der Waals surface area (Å²) in [4.78, 5) is 3.94. The second-order valence-corrected chi connectivity index (χ2v) is 6.75. The van der Waals surface area contributed by atoms with Crippen LogP contribution < -0.4 is 0 Å². The standard InChI is InChI=1S/C21H19ClN4/c1-16-15-25(16)14-6-5-9-20-21(17-10-12-18(22)13-11-17)24-26(23-20)19-7-3-2-4-8-19/h2-14,16H,15H2,1H3/b9-5-,14-6+. The highest BCUT2D eigenvalue weighted by molar-refractivity contribution is 6.30. The van der Waals surface area contributed by atoms with E-state index in [4.69, 9.17) is 16.7 Å². The summed E-state index contributed by atoms with van der Waals surface area (Å²) in [6.45, 7) is 3.34. The van der Waals surface area contributed by atoms with E-state index in [1.807, 2.05) is 72.8 Å². The van der Waals surface area contributed by atoms with E-state index in [2.05, 4.69) is 23.1 Å². The van der Waals surface area contributed by atoms with Crippen LogP contribution in [0.1, 0.15) is 12.6 Å². The monoisotopic (exact) mass is 362 g/mol. The van der Waals surface area contributed by atoms with E-state index in [1.54, 1.807) is 4.80 Å². The van der Waals surface area contributed by atoms with Crippen molar-refractivity contribution < 1.29 is 0 Å². The largest absolute Gasteiger partial charge is 0.371 e. The number of allylic oxidation sites excluding steroid dienone is 2. The molecule has 0 radical (unpaired) electrons. The van der Waals surface area contributed by atoms with Crippen LogP contribution >= 0.6 is 11.6 Å². The minimum absolute atomic E-state index is 0.656. The minimum atomic E-state index is 0.656. The molecule has 130 valence electrons. The summed E-state index contributed by atoms with van der Waals surface area (Å²) in [6, 6.07) is 18.2. The Balaban J connectivity index is 1.68. The second-order valence-electron chi connectivity index (χ2n) is 6.31. The molecule has 1 unspecified atom stereocenters. The fourth-order valence-corrected chi connectivity index (χ4v) is 2.82. The van der Waals surface area contributed by atoms with Gasteiger partial charge in [0.15, 0.2) is 0 Å². The Morgan fingerprint density at radius 1 is 1.00 bits per heavy atom. The molecule has 4 nitrogen and oxygen atoms in total. The van der Waals surface area contributed by atoms with Crippen molar-refractivity contribution in [2.45, 2.75) is 13.0 Å². The van der Waals surface area contributed by atoms with E-state index >= 15 is 0 Å². The van der Waals surface area contributed by atoms with Gasteiger partial charge in [-0.1, -0.05) is 48.0 Å². The van der Waals surface area contributed by atoms with Crippen LogP contribution in [0.2, 0.25) is 5.02 Å². The molecular formula is C21H19ClN4. The predicted octanol–water partition coefficient (Wildman–Crippen LogP) is 4.82. The Morgan fingerprint density at radius 3 is 2.42 bits per heavy atom. The highest BCUT2D eigenvalue weighted by Gasteiger charge is 2.24. The van der Waals surface area contributed by atoms with Gasteiger partial charge in [-0.3, -0.25) is 0 Å². The Morgan fingerprint density at radius 2 is 1.73 bits per heavy atom. The molecule has 0 N–H and O–H groups in total. The lowest BCUT2D eigenvalue weighted by atomic mass is 10.1. The number of hydrogen-bond acceptors (Lipinski definition) is 3. The molecule has 26 heavy (non-hydrogen) atoms. The zero-order chi connectivity index (χ0) is 17.9. The number of rotatable bonds is 5. The first-order valence-corrected chi connectivity index (χ1v) is 8.98. The summed E-state index contributed by atoms with van der Waals surface area (Å²) >= 11 is 6.02. The van der Waals surface area contributed by atoms with E-state index in [9.17, 15) is 0 Å². The second kappa shape index (κ2) is 7.18. The molecule has 1 aromatic heterocycles. The van der Waals surface area contributed by atoms with Gasteiger partial charge in [-0.05, 0) is 49.5 Å². The molecule has 5 heteroatoms. The maximum atomic E-state index is 6.02. The van der Waals surface area contributed by atoms with Crippen molar-refractivity contribution >= 4 is 17.7 Å². The fourth-order valence-electron chi connectivity index (χ4n) is 2.69. The summed E-state index contributed by atoms with van der Waals surface area (Å²) in [5.41, 5.74) is 3.56. The van der Waals surface area contributed by atoms with E-state index < -0.39 is 0 Å². The zero-order valence-electron chi connectivity index (χ0n) is 14.5. The van der Waals surface area contributed by atoms with E-state index in [0.29, 0.717) is 11.1 Å². The van der Waals surface area contributed by atoms with Crippen LogP contribution in [0, 0.1) is 0 Å². The van der Waals surface area contributed by atoms with Crippen molar-refractivity contribution in [3.05, 3.63) is 83.7 Å². The summed E-state index contributed by atoms with van der Waals surface area (Å²) in [7, 11) is 0. The van der Waals surface area contributed by atoms with Gasteiger partial charge in [-0.15, -0.1) is 10.2 Å². The first kappa shape index (κ1) is 16.6. The molecule has 0 saturated carbocycles. The van der Waals surface area contributed by atoms with E-state index in [0.717, 1.165) is 29.2 Å². The van der Waals surface area contributed by atoms with Gasteiger partial charge in [0.25, 0.3) is 0 Å². The maximum absolute atomic E-state index is 6.02. The Kier molecular flexibility index (Phi) is 4.59. The van der Waals surface area contributed by atoms with Crippen molar-refractivity contribution in [3.8, 4) is 16.9 Å². The molecule has 1 fully saturated rings. The van der Waals surface area contributed by atoms with Crippen LogP contribution in [0.25, 0.3) is 23.0 Å². The molecule has 2 aromatic carbocycles. The molecule has 2 heterocycles. The van der Waals surface area contributed by atoms with Gasteiger partial charge in [-0.2, -0.15) is 4.80 Å². The van der Waals surface area contributed by atoms with Crippen LogP contribution in [-0.2, 0) is 0 Å². The normalized spacial score (nSPS) is 16.7. The highest BCUT2D eigenvalue weighted by atomic mass is 35.5. The average molecular weight is 363 g/mol. The molecular weight excluding hydrogens is 344 g/mol. The van der Waals surface area contributed by atoms with Crippen LogP contribution in [0.4, 0.5) is 0 Å². The molecule has 4 rings (SSSR count). The molecule has 1 aliphatic heterocycles. The average Bonchev–Trinajstić information content (AvgIpc) is 3.21. The van der Waals surface area contributed by atoms with E-state index in [1.165, 1.54) is 0 Å². The number of benzene rings is 2.